The lowest BCUT2D eigenvalue weighted by atomic mass is 9.80. The first-order valence-electron chi connectivity index (χ1n) is 8.58. The minimum absolute atomic E-state index is 0.0229. The van der Waals surface area contributed by atoms with E-state index in [4.69, 9.17) is 8.94 Å². The van der Waals surface area contributed by atoms with Gasteiger partial charge in [0.2, 0.25) is 11.8 Å². The molecule has 2 aromatic heterocycles. The molecule has 0 radical (unpaired) electrons. The molecule has 3 N–H and O–H groups in total. The summed E-state index contributed by atoms with van der Waals surface area (Å²) in [5.41, 5.74) is 0.807. The number of benzene rings is 1. The van der Waals surface area contributed by atoms with Crippen molar-refractivity contribution in [1.29, 1.82) is 0 Å². The molecule has 1 saturated carbocycles. The average molecular weight is 370 g/mol. The smallest absolute Gasteiger partial charge is 0.273 e. The van der Waals surface area contributed by atoms with Gasteiger partial charge in [-0.1, -0.05) is 17.3 Å². The lowest BCUT2D eigenvalue weighted by Gasteiger charge is -2.33. The minimum atomic E-state index is -0.797. The maximum absolute atomic E-state index is 12.3. The van der Waals surface area contributed by atoms with Gasteiger partial charge in [-0.3, -0.25) is 4.79 Å². The molecule has 0 spiro atoms. The Bertz CT molecular complexity index is 958. The Kier molecular flexibility index (Phi) is 4.36. The summed E-state index contributed by atoms with van der Waals surface area (Å²) < 4.78 is 10.6. The number of phenolic OH excluding ortho intramolecular Hbond substituents is 1. The Labute approximate surface area is 154 Å². The maximum Gasteiger partial charge on any atom is 0.273 e. The van der Waals surface area contributed by atoms with E-state index in [1.54, 1.807) is 25.1 Å². The summed E-state index contributed by atoms with van der Waals surface area (Å²) in [5.74, 6) is 0.914. The summed E-state index contributed by atoms with van der Waals surface area (Å²) in [4.78, 5) is 12.3. The zero-order chi connectivity index (χ0) is 19.0. The van der Waals surface area contributed by atoms with Crippen LogP contribution in [-0.2, 0) is 0 Å². The van der Waals surface area contributed by atoms with Crippen LogP contribution in [0.2, 0.25) is 0 Å². The van der Waals surface area contributed by atoms with E-state index in [0.29, 0.717) is 30.1 Å². The third kappa shape index (κ3) is 3.54. The van der Waals surface area contributed by atoms with Crippen molar-refractivity contribution in [3.8, 4) is 17.1 Å². The molecular formula is C18H18N4O5. The van der Waals surface area contributed by atoms with Gasteiger partial charge in [0.1, 0.15) is 11.9 Å². The number of hydrogen-bond acceptors (Lipinski definition) is 8. The first-order valence-corrected chi connectivity index (χ1v) is 8.58. The topological polar surface area (TPSA) is 135 Å². The van der Waals surface area contributed by atoms with Crippen molar-refractivity contribution in [2.75, 3.05) is 0 Å². The zero-order valence-corrected chi connectivity index (χ0v) is 14.5. The van der Waals surface area contributed by atoms with Crippen LogP contribution in [-0.4, -0.2) is 37.5 Å². The highest BCUT2D eigenvalue weighted by atomic mass is 16.5. The molecule has 1 aliphatic carbocycles. The Morgan fingerprint density at radius 1 is 1.30 bits per heavy atom. The van der Waals surface area contributed by atoms with Crippen molar-refractivity contribution < 1.29 is 23.9 Å². The Morgan fingerprint density at radius 3 is 2.81 bits per heavy atom. The number of aliphatic hydroxyl groups is 1. The summed E-state index contributed by atoms with van der Waals surface area (Å²) in [7, 11) is 0. The molecule has 1 aliphatic rings. The van der Waals surface area contributed by atoms with Crippen molar-refractivity contribution in [1.82, 2.24) is 20.7 Å². The van der Waals surface area contributed by atoms with Gasteiger partial charge in [-0.2, -0.15) is 0 Å². The molecule has 1 aromatic carbocycles. The molecule has 1 fully saturated rings. The summed E-state index contributed by atoms with van der Waals surface area (Å²) in [6.07, 6.45) is 0.546. The number of nitrogens with zero attached hydrogens (tertiary/aromatic N) is 3. The highest BCUT2D eigenvalue weighted by Crippen LogP contribution is 2.36. The molecule has 0 unspecified atom stereocenters. The number of aliphatic hydroxyl groups excluding tert-OH is 1. The van der Waals surface area contributed by atoms with Gasteiger partial charge in [0.15, 0.2) is 11.5 Å². The predicted molar refractivity (Wildman–Crippen MR) is 91.8 cm³/mol. The molecule has 3 aromatic rings. The normalized spacial score (nSPS) is 20.1. The number of carbonyl (C=O) groups excluding carboxylic acids is 1. The van der Waals surface area contributed by atoms with Crippen molar-refractivity contribution in [2.45, 2.75) is 37.8 Å². The van der Waals surface area contributed by atoms with Crippen molar-refractivity contribution in [3.63, 3.8) is 0 Å². The number of nitrogens with one attached hydrogen (secondary N) is 1. The minimum Gasteiger partial charge on any atom is -0.508 e. The molecule has 0 aliphatic heterocycles. The number of carbonyl (C=O) groups is 1. The molecular weight excluding hydrogens is 352 g/mol. The Hall–Kier alpha value is -3.20. The summed E-state index contributed by atoms with van der Waals surface area (Å²) in [6, 6.07) is 8.03. The van der Waals surface area contributed by atoms with Crippen molar-refractivity contribution in [2.24, 2.45) is 0 Å². The fraction of sp³-hybridized carbons (Fsp3) is 0.333. The molecule has 0 saturated heterocycles. The number of rotatable bonds is 5. The molecule has 1 amide bonds. The van der Waals surface area contributed by atoms with Gasteiger partial charge < -0.3 is 24.5 Å². The molecule has 1 atom stereocenters. The van der Waals surface area contributed by atoms with Gasteiger partial charge in [-0.05, 0) is 31.9 Å². The summed E-state index contributed by atoms with van der Waals surface area (Å²) in [6.45, 7) is 1.56. The average Bonchev–Trinajstić information content (AvgIpc) is 3.27. The van der Waals surface area contributed by atoms with E-state index in [2.05, 4.69) is 20.7 Å². The summed E-state index contributed by atoms with van der Waals surface area (Å²) in [5, 5.41) is 33.4. The number of hydrogen-bond donors (Lipinski definition) is 3. The number of amides is 1. The lowest BCUT2D eigenvalue weighted by Crippen LogP contribution is -2.43. The molecule has 9 heteroatoms. The fourth-order valence-electron chi connectivity index (χ4n) is 2.95. The van der Waals surface area contributed by atoms with E-state index in [9.17, 15) is 15.0 Å². The van der Waals surface area contributed by atoms with Crippen molar-refractivity contribution in [3.05, 3.63) is 47.8 Å². The van der Waals surface area contributed by atoms with Crippen molar-refractivity contribution >= 4 is 5.91 Å². The van der Waals surface area contributed by atoms with Crippen LogP contribution in [0.15, 0.2) is 39.3 Å². The van der Waals surface area contributed by atoms with E-state index in [1.807, 2.05) is 0 Å². The third-order valence-electron chi connectivity index (χ3n) is 4.51. The second-order valence-corrected chi connectivity index (χ2v) is 6.62. The number of aromatic nitrogens is 3. The second-order valence-electron chi connectivity index (χ2n) is 6.62. The van der Waals surface area contributed by atoms with Crippen LogP contribution in [0.1, 0.15) is 54.1 Å². The zero-order valence-electron chi connectivity index (χ0n) is 14.5. The first kappa shape index (κ1) is 17.2. The van der Waals surface area contributed by atoms with Crippen LogP contribution in [0.4, 0.5) is 0 Å². The van der Waals surface area contributed by atoms with Crippen LogP contribution in [0.5, 0.6) is 5.75 Å². The van der Waals surface area contributed by atoms with Gasteiger partial charge in [0.25, 0.3) is 5.91 Å². The standard InChI is InChI=1S/C18H18N4O5/c1-9(23)17-20-21-18(26-17)11-5-12(6-11)19-16(25)14-8-15(27-22-14)10-3-2-4-13(24)7-10/h2-4,7-9,11-12,23-24H,5-6H2,1H3,(H,19,25)/t9-,11?,12?/m0/s1. The van der Waals surface area contributed by atoms with Gasteiger partial charge in [-0.15, -0.1) is 10.2 Å². The molecule has 4 rings (SSSR count). The van der Waals surface area contributed by atoms with Gasteiger partial charge >= 0.3 is 0 Å². The van der Waals surface area contributed by atoms with Crippen LogP contribution in [0.25, 0.3) is 11.3 Å². The largest absolute Gasteiger partial charge is 0.508 e. The molecule has 9 nitrogen and oxygen atoms in total. The lowest BCUT2D eigenvalue weighted by molar-refractivity contribution is 0.0892. The van der Waals surface area contributed by atoms with E-state index < -0.39 is 6.10 Å². The van der Waals surface area contributed by atoms with Crippen LogP contribution >= 0.6 is 0 Å². The second kappa shape index (κ2) is 6.84. The van der Waals surface area contributed by atoms with E-state index >= 15 is 0 Å². The molecule has 2 heterocycles. The van der Waals surface area contributed by atoms with E-state index in [-0.39, 0.29) is 35.2 Å². The maximum atomic E-state index is 12.3. The summed E-state index contributed by atoms with van der Waals surface area (Å²) >= 11 is 0. The third-order valence-corrected chi connectivity index (χ3v) is 4.51. The van der Waals surface area contributed by atoms with E-state index in [1.165, 1.54) is 12.1 Å². The van der Waals surface area contributed by atoms with Crippen LogP contribution in [0.3, 0.4) is 0 Å². The molecule has 0 bridgehead atoms. The van der Waals surface area contributed by atoms with Gasteiger partial charge in [0.05, 0.1) is 0 Å². The van der Waals surface area contributed by atoms with Crippen LogP contribution < -0.4 is 5.32 Å². The monoisotopic (exact) mass is 370 g/mol. The fourth-order valence-corrected chi connectivity index (χ4v) is 2.95. The first-order chi connectivity index (χ1) is 13.0. The van der Waals surface area contributed by atoms with Gasteiger partial charge in [0, 0.05) is 23.6 Å². The number of aromatic hydroxyl groups is 1. The van der Waals surface area contributed by atoms with Crippen LogP contribution in [0, 0.1) is 0 Å². The van der Waals surface area contributed by atoms with E-state index in [0.717, 1.165) is 0 Å². The number of phenols is 1. The van der Waals surface area contributed by atoms with Gasteiger partial charge in [-0.25, -0.2) is 0 Å². The Balaban J connectivity index is 1.34. The molecule has 27 heavy (non-hydrogen) atoms. The highest BCUT2D eigenvalue weighted by Gasteiger charge is 2.36. The molecule has 140 valence electrons. The quantitative estimate of drug-likeness (QED) is 0.622. The predicted octanol–water partition coefficient (Wildman–Crippen LogP) is 2.16. The SMILES string of the molecule is C[C@H](O)c1nnc(C2CC(NC(=O)c3cc(-c4cccc(O)c4)on3)C2)o1. The Morgan fingerprint density at radius 2 is 2.11 bits per heavy atom. The highest BCUT2D eigenvalue weighted by molar-refractivity contribution is 5.93.